The molecular formula is C19H22N2O. The van der Waals surface area contributed by atoms with Gasteiger partial charge in [0.25, 0.3) is 5.91 Å². The van der Waals surface area contributed by atoms with E-state index in [0.717, 1.165) is 12.0 Å². The summed E-state index contributed by atoms with van der Waals surface area (Å²) in [7, 11) is 0. The Morgan fingerprint density at radius 1 is 1.14 bits per heavy atom. The molecule has 0 saturated carbocycles. The van der Waals surface area contributed by atoms with E-state index in [1.54, 1.807) is 0 Å². The number of unbranched alkanes of at least 4 members (excludes halogenated alkanes) is 2. The molecule has 3 heteroatoms. The molecule has 1 aliphatic rings. The Kier molecular flexibility index (Phi) is 4.54. The topological polar surface area (TPSA) is 41.1 Å². The summed E-state index contributed by atoms with van der Waals surface area (Å²) >= 11 is 0. The van der Waals surface area contributed by atoms with Crippen LogP contribution in [-0.2, 0) is 11.2 Å². The van der Waals surface area contributed by atoms with Gasteiger partial charge >= 0.3 is 0 Å². The molecule has 0 aliphatic carbocycles. The molecule has 0 spiro atoms. The SMILES string of the molecule is CCCCCc1ccc2ccccc2c1/C=C1\CNNC1=O. The monoisotopic (exact) mass is 294 g/mol. The van der Waals surface area contributed by atoms with Crippen LogP contribution in [0.1, 0.15) is 37.3 Å². The van der Waals surface area contributed by atoms with Gasteiger partial charge in [0, 0.05) is 12.1 Å². The number of rotatable bonds is 5. The van der Waals surface area contributed by atoms with Gasteiger partial charge in [-0.2, -0.15) is 0 Å². The number of fused-ring (bicyclic) bond motifs is 1. The predicted molar refractivity (Wildman–Crippen MR) is 91.3 cm³/mol. The first kappa shape index (κ1) is 14.8. The molecule has 0 unspecified atom stereocenters. The summed E-state index contributed by atoms with van der Waals surface area (Å²) in [5.74, 6) is -0.0209. The minimum Gasteiger partial charge on any atom is -0.287 e. The summed E-state index contributed by atoms with van der Waals surface area (Å²) in [6.07, 6.45) is 6.77. The third-order valence-electron chi connectivity index (χ3n) is 4.20. The molecule has 1 amide bonds. The summed E-state index contributed by atoms with van der Waals surface area (Å²) in [6, 6.07) is 12.8. The van der Waals surface area contributed by atoms with Gasteiger partial charge in [0.15, 0.2) is 0 Å². The molecule has 0 aromatic heterocycles. The number of benzene rings is 2. The number of hydrogen-bond acceptors (Lipinski definition) is 2. The number of carbonyl (C=O) groups is 1. The zero-order chi connectivity index (χ0) is 15.4. The van der Waals surface area contributed by atoms with E-state index in [1.807, 2.05) is 0 Å². The molecule has 2 aromatic carbocycles. The van der Waals surface area contributed by atoms with Gasteiger partial charge in [0.05, 0.1) is 0 Å². The highest BCUT2D eigenvalue weighted by Crippen LogP contribution is 2.26. The Hall–Kier alpha value is -2.13. The van der Waals surface area contributed by atoms with Crippen molar-refractivity contribution < 1.29 is 4.79 Å². The minimum atomic E-state index is -0.0209. The fourth-order valence-corrected chi connectivity index (χ4v) is 2.97. The maximum absolute atomic E-state index is 11.8. The summed E-state index contributed by atoms with van der Waals surface area (Å²) in [4.78, 5) is 11.8. The number of amides is 1. The summed E-state index contributed by atoms with van der Waals surface area (Å²) in [5, 5.41) is 2.45. The van der Waals surface area contributed by atoms with E-state index < -0.39 is 0 Å². The Morgan fingerprint density at radius 2 is 2.00 bits per heavy atom. The Balaban J connectivity index is 2.06. The van der Waals surface area contributed by atoms with Crippen molar-refractivity contribution >= 4 is 22.8 Å². The van der Waals surface area contributed by atoms with Crippen LogP contribution in [-0.4, -0.2) is 12.5 Å². The highest BCUT2D eigenvalue weighted by Gasteiger charge is 2.17. The molecule has 3 rings (SSSR count). The van der Waals surface area contributed by atoms with Crippen molar-refractivity contribution in [2.75, 3.05) is 6.54 Å². The van der Waals surface area contributed by atoms with Gasteiger partial charge in [-0.15, -0.1) is 0 Å². The standard InChI is InChI=1S/C19H22N2O/c1-2-3-4-7-15-11-10-14-8-5-6-9-17(14)18(15)12-16-13-20-21-19(16)22/h5-6,8-12,20H,2-4,7,13H2,1H3,(H,21,22)/b16-12+. The molecule has 1 fully saturated rings. The Bertz CT molecular complexity index is 718. The maximum atomic E-state index is 11.8. The van der Waals surface area contributed by atoms with Crippen LogP contribution in [0.5, 0.6) is 0 Å². The van der Waals surface area contributed by atoms with E-state index in [2.05, 4.69) is 60.2 Å². The molecule has 0 bridgehead atoms. The molecule has 0 radical (unpaired) electrons. The van der Waals surface area contributed by atoms with E-state index in [9.17, 15) is 4.79 Å². The van der Waals surface area contributed by atoms with Crippen LogP contribution >= 0.6 is 0 Å². The van der Waals surface area contributed by atoms with Crippen LogP contribution in [0.3, 0.4) is 0 Å². The highest BCUT2D eigenvalue weighted by molar-refractivity contribution is 6.03. The lowest BCUT2D eigenvalue weighted by atomic mass is 9.94. The smallest absolute Gasteiger partial charge is 0.262 e. The van der Waals surface area contributed by atoms with Gasteiger partial charge in [0.2, 0.25) is 0 Å². The minimum absolute atomic E-state index is 0.0209. The van der Waals surface area contributed by atoms with Crippen LogP contribution < -0.4 is 10.9 Å². The fraction of sp³-hybridized carbons (Fsp3) is 0.316. The lowest BCUT2D eigenvalue weighted by Crippen LogP contribution is -2.25. The van der Waals surface area contributed by atoms with Gasteiger partial charge in [0.1, 0.15) is 0 Å². The zero-order valence-electron chi connectivity index (χ0n) is 13.0. The number of hydrazine groups is 1. The molecule has 1 heterocycles. The summed E-state index contributed by atoms with van der Waals surface area (Å²) in [6.45, 7) is 2.80. The second-order valence-corrected chi connectivity index (χ2v) is 5.79. The van der Waals surface area contributed by atoms with Crippen molar-refractivity contribution in [2.45, 2.75) is 32.6 Å². The van der Waals surface area contributed by atoms with Gasteiger partial charge in [-0.1, -0.05) is 56.2 Å². The van der Waals surface area contributed by atoms with Crippen LogP contribution in [0.2, 0.25) is 0 Å². The van der Waals surface area contributed by atoms with Crippen LogP contribution in [0.4, 0.5) is 0 Å². The first-order valence-corrected chi connectivity index (χ1v) is 8.04. The number of nitrogens with one attached hydrogen (secondary N) is 2. The van der Waals surface area contributed by atoms with E-state index >= 15 is 0 Å². The Labute approximate surface area is 131 Å². The average molecular weight is 294 g/mol. The van der Waals surface area contributed by atoms with Crippen LogP contribution in [0.25, 0.3) is 16.8 Å². The van der Waals surface area contributed by atoms with Crippen LogP contribution in [0.15, 0.2) is 42.0 Å². The molecule has 22 heavy (non-hydrogen) atoms. The van der Waals surface area contributed by atoms with Gasteiger partial charge in [-0.05, 0) is 40.8 Å². The number of aryl methyl sites for hydroxylation is 1. The quantitative estimate of drug-likeness (QED) is 0.653. The molecule has 2 N–H and O–H groups in total. The highest BCUT2D eigenvalue weighted by atomic mass is 16.2. The third-order valence-corrected chi connectivity index (χ3v) is 4.20. The Morgan fingerprint density at radius 3 is 2.77 bits per heavy atom. The van der Waals surface area contributed by atoms with Gasteiger partial charge in [-0.3, -0.25) is 10.2 Å². The predicted octanol–water partition coefficient (Wildman–Crippen LogP) is 3.59. The molecule has 3 nitrogen and oxygen atoms in total. The second-order valence-electron chi connectivity index (χ2n) is 5.79. The first-order chi connectivity index (χ1) is 10.8. The number of hydrogen-bond donors (Lipinski definition) is 2. The van der Waals surface area contributed by atoms with Crippen molar-refractivity contribution in [3.05, 3.63) is 53.1 Å². The van der Waals surface area contributed by atoms with Gasteiger partial charge in [-0.25, -0.2) is 5.43 Å². The summed E-state index contributed by atoms with van der Waals surface area (Å²) in [5.41, 5.74) is 8.88. The fourth-order valence-electron chi connectivity index (χ4n) is 2.97. The van der Waals surface area contributed by atoms with Crippen molar-refractivity contribution in [2.24, 2.45) is 0 Å². The third kappa shape index (κ3) is 3.04. The number of carbonyl (C=O) groups excluding carboxylic acids is 1. The lowest BCUT2D eigenvalue weighted by molar-refractivity contribution is -0.116. The van der Waals surface area contributed by atoms with E-state index in [0.29, 0.717) is 6.54 Å². The molecule has 1 saturated heterocycles. The molecular weight excluding hydrogens is 272 g/mol. The average Bonchev–Trinajstić information content (AvgIpc) is 2.94. The second kappa shape index (κ2) is 6.75. The van der Waals surface area contributed by atoms with Crippen LogP contribution in [0, 0.1) is 0 Å². The molecule has 114 valence electrons. The van der Waals surface area contributed by atoms with E-state index in [1.165, 1.54) is 41.2 Å². The van der Waals surface area contributed by atoms with E-state index in [-0.39, 0.29) is 5.91 Å². The summed E-state index contributed by atoms with van der Waals surface area (Å²) < 4.78 is 0. The van der Waals surface area contributed by atoms with Gasteiger partial charge < -0.3 is 0 Å². The van der Waals surface area contributed by atoms with Crippen molar-refractivity contribution in [3.8, 4) is 0 Å². The maximum Gasteiger partial charge on any atom is 0.262 e. The largest absolute Gasteiger partial charge is 0.287 e. The lowest BCUT2D eigenvalue weighted by Gasteiger charge is -2.11. The first-order valence-electron chi connectivity index (χ1n) is 8.04. The van der Waals surface area contributed by atoms with Crippen molar-refractivity contribution in [1.29, 1.82) is 0 Å². The van der Waals surface area contributed by atoms with Crippen molar-refractivity contribution in [1.82, 2.24) is 10.9 Å². The van der Waals surface area contributed by atoms with E-state index in [4.69, 9.17) is 0 Å². The van der Waals surface area contributed by atoms with Crippen molar-refractivity contribution in [3.63, 3.8) is 0 Å². The zero-order valence-corrected chi connectivity index (χ0v) is 13.0. The molecule has 0 atom stereocenters. The molecule has 1 aliphatic heterocycles. The molecule has 2 aromatic rings. The normalized spacial score (nSPS) is 16.4.